The maximum atomic E-state index is 3.24. The Bertz CT molecular complexity index is 576. The first-order valence-corrected chi connectivity index (χ1v) is 5.76. The summed E-state index contributed by atoms with van der Waals surface area (Å²) in [6.07, 6.45) is 4.07. The predicted molar refractivity (Wildman–Crippen MR) is 69.8 cm³/mol. The molecule has 0 radical (unpaired) electrons. The van der Waals surface area contributed by atoms with Gasteiger partial charge in [-0.2, -0.15) is 0 Å². The SMILES string of the molecule is c1ccc(Cn2cccc2-c2ccc[nH]2)cc1. The average Bonchev–Trinajstić information content (AvgIpc) is 3.00. The lowest BCUT2D eigenvalue weighted by atomic mass is 10.2. The van der Waals surface area contributed by atoms with Crippen LogP contribution in [0.15, 0.2) is 67.0 Å². The molecule has 0 aliphatic heterocycles. The summed E-state index contributed by atoms with van der Waals surface area (Å²) in [6.45, 7) is 0.905. The first-order valence-electron chi connectivity index (χ1n) is 5.76. The molecule has 1 aromatic carbocycles. The number of nitrogens with one attached hydrogen (secondary N) is 1. The number of hydrogen-bond donors (Lipinski definition) is 1. The maximum Gasteiger partial charge on any atom is 0.0648 e. The van der Waals surface area contributed by atoms with Gasteiger partial charge in [0.15, 0.2) is 0 Å². The zero-order chi connectivity index (χ0) is 11.5. The Morgan fingerprint density at radius 1 is 0.882 bits per heavy atom. The molecule has 1 N–H and O–H groups in total. The molecule has 2 aromatic heterocycles. The van der Waals surface area contributed by atoms with Crippen LogP contribution in [0.4, 0.5) is 0 Å². The van der Waals surface area contributed by atoms with E-state index in [0.29, 0.717) is 0 Å². The number of aromatic nitrogens is 2. The van der Waals surface area contributed by atoms with Crippen molar-refractivity contribution in [1.29, 1.82) is 0 Å². The molecule has 17 heavy (non-hydrogen) atoms. The third kappa shape index (κ3) is 2.02. The van der Waals surface area contributed by atoms with Crippen molar-refractivity contribution in [3.8, 4) is 11.4 Å². The summed E-state index contributed by atoms with van der Waals surface area (Å²) < 4.78 is 2.25. The molecule has 0 spiro atoms. The van der Waals surface area contributed by atoms with Gasteiger partial charge in [0, 0.05) is 18.9 Å². The summed E-state index contributed by atoms with van der Waals surface area (Å²) in [5, 5.41) is 0. The molecule has 2 heterocycles. The quantitative estimate of drug-likeness (QED) is 0.700. The summed E-state index contributed by atoms with van der Waals surface area (Å²) in [5.41, 5.74) is 3.70. The van der Waals surface area contributed by atoms with Crippen LogP contribution in [0, 0.1) is 0 Å². The van der Waals surface area contributed by atoms with E-state index in [9.17, 15) is 0 Å². The topological polar surface area (TPSA) is 20.7 Å². The highest BCUT2D eigenvalue weighted by Gasteiger charge is 2.04. The van der Waals surface area contributed by atoms with Crippen molar-refractivity contribution >= 4 is 0 Å². The van der Waals surface area contributed by atoms with Crippen LogP contribution in [0.2, 0.25) is 0 Å². The van der Waals surface area contributed by atoms with Crippen LogP contribution in [-0.2, 0) is 6.54 Å². The van der Waals surface area contributed by atoms with Gasteiger partial charge in [-0.15, -0.1) is 0 Å². The van der Waals surface area contributed by atoms with E-state index in [1.165, 1.54) is 11.3 Å². The Labute approximate surface area is 101 Å². The first-order chi connectivity index (χ1) is 8.43. The van der Waals surface area contributed by atoms with Crippen molar-refractivity contribution < 1.29 is 0 Å². The fraction of sp³-hybridized carbons (Fsp3) is 0.0667. The van der Waals surface area contributed by atoms with Gasteiger partial charge in [-0.05, 0) is 29.8 Å². The fourth-order valence-corrected chi connectivity index (χ4v) is 2.07. The molecule has 84 valence electrons. The Morgan fingerprint density at radius 2 is 1.76 bits per heavy atom. The predicted octanol–water partition coefficient (Wildman–Crippen LogP) is 3.53. The lowest BCUT2D eigenvalue weighted by molar-refractivity contribution is 0.812. The van der Waals surface area contributed by atoms with Gasteiger partial charge >= 0.3 is 0 Å². The molecule has 3 aromatic rings. The van der Waals surface area contributed by atoms with Crippen molar-refractivity contribution in [1.82, 2.24) is 9.55 Å². The van der Waals surface area contributed by atoms with Gasteiger partial charge in [0.1, 0.15) is 0 Å². The molecule has 0 aliphatic rings. The fourth-order valence-electron chi connectivity index (χ4n) is 2.07. The Morgan fingerprint density at radius 3 is 2.53 bits per heavy atom. The molecule has 2 heteroatoms. The largest absolute Gasteiger partial charge is 0.360 e. The lowest BCUT2D eigenvalue weighted by Crippen LogP contribution is -1.99. The number of aromatic amines is 1. The highest BCUT2D eigenvalue weighted by molar-refractivity contribution is 5.55. The maximum absolute atomic E-state index is 3.24. The zero-order valence-corrected chi connectivity index (χ0v) is 9.51. The number of H-pyrrole nitrogens is 1. The number of benzene rings is 1. The molecule has 0 fully saturated rings. The molecule has 0 atom stereocenters. The van der Waals surface area contributed by atoms with Gasteiger partial charge in [0.25, 0.3) is 0 Å². The summed E-state index contributed by atoms with van der Waals surface area (Å²) in [4.78, 5) is 3.24. The van der Waals surface area contributed by atoms with E-state index in [4.69, 9.17) is 0 Å². The van der Waals surface area contributed by atoms with E-state index < -0.39 is 0 Å². The monoisotopic (exact) mass is 222 g/mol. The second-order valence-corrected chi connectivity index (χ2v) is 4.09. The molecule has 0 aliphatic carbocycles. The van der Waals surface area contributed by atoms with Gasteiger partial charge in [-0.1, -0.05) is 30.3 Å². The summed E-state index contributed by atoms with van der Waals surface area (Å²) in [6, 6.07) is 18.8. The minimum Gasteiger partial charge on any atom is -0.360 e. The zero-order valence-electron chi connectivity index (χ0n) is 9.51. The lowest BCUT2D eigenvalue weighted by Gasteiger charge is -2.08. The number of hydrogen-bond acceptors (Lipinski definition) is 0. The first kappa shape index (κ1) is 9.97. The van der Waals surface area contributed by atoms with Gasteiger partial charge in [-0.3, -0.25) is 0 Å². The van der Waals surface area contributed by atoms with Gasteiger partial charge in [-0.25, -0.2) is 0 Å². The summed E-state index contributed by atoms with van der Waals surface area (Å²) >= 11 is 0. The number of rotatable bonds is 3. The summed E-state index contributed by atoms with van der Waals surface area (Å²) in [7, 11) is 0. The highest BCUT2D eigenvalue weighted by atomic mass is 15.0. The van der Waals surface area contributed by atoms with E-state index in [1.54, 1.807) is 0 Å². The van der Waals surface area contributed by atoms with Crippen molar-refractivity contribution in [3.05, 3.63) is 72.6 Å². The molecule has 0 saturated heterocycles. The van der Waals surface area contributed by atoms with Crippen LogP contribution >= 0.6 is 0 Å². The van der Waals surface area contributed by atoms with Crippen LogP contribution in [0.3, 0.4) is 0 Å². The standard InChI is InChI=1S/C15H14N2/c1-2-6-13(7-3-1)12-17-11-5-9-15(17)14-8-4-10-16-14/h1-11,16H,12H2. The summed E-state index contributed by atoms with van der Waals surface area (Å²) in [5.74, 6) is 0. The van der Waals surface area contributed by atoms with Gasteiger partial charge in [0.2, 0.25) is 0 Å². The van der Waals surface area contributed by atoms with Crippen LogP contribution < -0.4 is 0 Å². The highest BCUT2D eigenvalue weighted by Crippen LogP contribution is 2.19. The molecule has 0 amide bonds. The third-order valence-electron chi connectivity index (χ3n) is 2.90. The Kier molecular flexibility index (Phi) is 2.54. The van der Waals surface area contributed by atoms with E-state index in [0.717, 1.165) is 12.2 Å². The van der Waals surface area contributed by atoms with E-state index in [2.05, 4.69) is 58.2 Å². The smallest absolute Gasteiger partial charge is 0.0648 e. The second kappa shape index (κ2) is 4.34. The van der Waals surface area contributed by atoms with Crippen LogP contribution in [0.5, 0.6) is 0 Å². The van der Waals surface area contributed by atoms with Crippen molar-refractivity contribution in [2.75, 3.05) is 0 Å². The van der Waals surface area contributed by atoms with Crippen LogP contribution in [0.1, 0.15) is 5.56 Å². The van der Waals surface area contributed by atoms with Crippen molar-refractivity contribution in [2.24, 2.45) is 0 Å². The molecule has 3 rings (SSSR count). The minimum atomic E-state index is 0.905. The third-order valence-corrected chi connectivity index (χ3v) is 2.90. The Balaban J connectivity index is 1.92. The van der Waals surface area contributed by atoms with E-state index in [1.807, 2.05) is 18.3 Å². The second-order valence-electron chi connectivity index (χ2n) is 4.09. The molecule has 0 saturated carbocycles. The van der Waals surface area contributed by atoms with Crippen molar-refractivity contribution in [3.63, 3.8) is 0 Å². The van der Waals surface area contributed by atoms with Crippen LogP contribution in [0.25, 0.3) is 11.4 Å². The van der Waals surface area contributed by atoms with Crippen LogP contribution in [-0.4, -0.2) is 9.55 Å². The average molecular weight is 222 g/mol. The normalized spacial score (nSPS) is 10.6. The van der Waals surface area contributed by atoms with Gasteiger partial charge < -0.3 is 9.55 Å². The Hall–Kier alpha value is -2.22. The molecular weight excluding hydrogens is 208 g/mol. The van der Waals surface area contributed by atoms with Crippen molar-refractivity contribution in [2.45, 2.75) is 6.54 Å². The molecule has 0 bridgehead atoms. The number of nitrogens with zero attached hydrogens (tertiary/aromatic N) is 1. The molecular formula is C15H14N2. The molecule has 2 nitrogen and oxygen atoms in total. The minimum absolute atomic E-state index is 0.905. The molecule has 0 unspecified atom stereocenters. The van der Waals surface area contributed by atoms with E-state index in [-0.39, 0.29) is 0 Å². The van der Waals surface area contributed by atoms with Gasteiger partial charge in [0.05, 0.1) is 11.4 Å². The van der Waals surface area contributed by atoms with E-state index >= 15 is 0 Å².